The number of aliphatic hydroxyl groups excluding tert-OH is 1. The van der Waals surface area contributed by atoms with Crippen molar-refractivity contribution in [3.63, 3.8) is 0 Å². The maximum absolute atomic E-state index is 9.48. The summed E-state index contributed by atoms with van der Waals surface area (Å²) in [6.45, 7) is 3.68. The molecule has 2 atom stereocenters. The van der Waals surface area contributed by atoms with Crippen molar-refractivity contribution in [2.24, 2.45) is 0 Å². The van der Waals surface area contributed by atoms with Gasteiger partial charge in [-0.2, -0.15) is 0 Å². The summed E-state index contributed by atoms with van der Waals surface area (Å²) in [6, 6.07) is 3.81. The Kier molecular flexibility index (Phi) is 3.59. The highest BCUT2D eigenvalue weighted by molar-refractivity contribution is 9.10. The van der Waals surface area contributed by atoms with Crippen LogP contribution in [0.15, 0.2) is 29.0 Å². The number of anilines is 1. The highest BCUT2D eigenvalue weighted by atomic mass is 79.9. The van der Waals surface area contributed by atoms with Gasteiger partial charge in [-0.15, -0.1) is 0 Å². The van der Waals surface area contributed by atoms with Crippen LogP contribution in [0.2, 0.25) is 0 Å². The van der Waals surface area contributed by atoms with E-state index in [2.05, 4.69) is 31.2 Å². The molecule has 2 N–H and O–H groups in total. The summed E-state index contributed by atoms with van der Waals surface area (Å²) in [5.74, 6) is 0. The molecule has 0 aliphatic rings. The van der Waals surface area contributed by atoms with E-state index in [4.69, 9.17) is 0 Å². The average molecular weight is 296 g/mol. The molecule has 1 aromatic heterocycles. The largest absolute Gasteiger partial charge is 0.391 e. The van der Waals surface area contributed by atoms with Gasteiger partial charge in [-0.25, -0.2) is 0 Å². The van der Waals surface area contributed by atoms with Crippen molar-refractivity contribution in [3.8, 4) is 0 Å². The van der Waals surface area contributed by atoms with Gasteiger partial charge in [0.05, 0.1) is 21.8 Å². The van der Waals surface area contributed by atoms with E-state index < -0.39 is 6.10 Å². The van der Waals surface area contributed by atoms with E-state index in [0.29, 0.717) is 0 Å². The van der Waals surface area contributed by atoms with E-state index in [-0.39, 0.29) is 6.04 Å². The fourth-order valence-corrected chi connectivity index (χ4v) is 2.03. The van der Waals surface area contributed by atoms with Crippen LogP contribution < -0.4 is 5.32 Å². The minimum absolute atomic E-state index is 0.0274. The van der Waals surface area contributed by atoms with Crippen LogP contribution in [0.5, 0.6) is 0 Å². The first-order valence-corrected chi connectivity index (χ1v) is 6.22. The van der Waals surface area contributed by atoms with Gasteiger partial charge in [0, 0.05) is 18.4 Å². The molecular weight excluding hydrogens is 282 g/mol. The highest BCUT2D eigenvalue weighted by Crippen LogP contribution is 2.29. The number of hydrogen-bond donors (Lipinski definition) is 2. The lowest BCUT2D eigenvalue weighted by Crippen LogP contribution is -2.27. The topological polar surface area (TPSA) is 58.0 Å². The Hall–Kier alpha value is -1.20. The first kappa shape index (κ1) is 12.3. The smallest absolute Gasteiger partial charge is 0.105 e. The summed E-state index contributed by atoms with van der Waals surface area (Å²) in [5, 5.41) is 12.7. The molecule has 1 aromatic carbocycles. The van der Waals surface area contributed by atoms with Crippen LogP contribution in [-0.2, 0) is 0 Å². The molecule has 0 aliphatic carbocycles. The minimum atomic E-state index is -0.417. The molecule has 0 radical (unpaired) electrons. The zero-order chi connectivity index (χ0) is 12.4. The Morgan fingerprint density at radius 3 is 2.65 bits per heavy atom. The third-order valence-corrected chi connectivity index (χ3v) is 3.49. The molecule has 4 nitrogen and oxygen atoms in total. The first-order valence-electron chi connectivity index (χ1n) is 5.43. The number of nitrogens with zero attached hydrogens (tertiary/aromatic N) is 2. The van der Waals surface area contributed by atoms with E-state index in [0.717, 1.165) is 21.2 Å². The van der Waals surface area contributed by atoms with E-state index in [1.54, 1.807) is 19.3 Å². The molecule has 0 saturated heterocycles. The van der Waals surface area contributed by atoms with Crippen LogP contribution in [-0.4, -0.2) is 27.2 Å². The van der Waals surface area contributed by atoms with E-state index in [1.807, 2.05) is 19.1 Å². The quantitative estimate of drug-likeness (QED) is 0.914. The molecular formula is C12H14BrN3O. The van der Waals surface area contributed by atoms with Gasteiger partial charge in [0.25, 0.3) is 0 Å². The normalized spacial score (nSPS) is 14.6. The van der Waals surface area contributed by atoms with Crippen molar-refractivity contribution in [3.05, 3.63) is 29.0 Å². The summed E-state index contributed by atoms with van der Waals surface area (Å²) in [6.07, 6.45) is 2.91. The highest BCUT2D eigenvalue weighted by Gasteiger charge is 2.12. The molecule has 2 aromatic rings. The van der Waals surface area contributed by atoms with Gasteiger partial charge < -0.3 is 10.4 Å². The Morgan fingerprint density at radius 2 is 1.94 bits per heavy atom. The second-order valence-electron chi connectivity index (χ2n) is 4.02. The SMILES string of the molecule is CC(O)C(C)Nc1ccc2nccnc2c1Br. The molecule has 17 heavy (non-hydrogen) atoms. The predicted octanol–water partition coefficient (Wildman–Crippen LogP) is 2.57. The molecule has 2 unspecified atom stereocenters. The number of aromatic nitrogens is 2. The minimum Gasteiger partial charge on any atom is -0.391 e. The molecule has 0 amide bonds. The van der Waals surface area contributed by atoms with Crippen molar-refractivity contribution in [2.45, 2.75) is 26.0 Å². The van der Waals surface area contributed by atoms with Crippen molar-refractivity contribution in [1.29, 1.82) is 0 Å². The van der Waals surface area contributed by atoms with Gasteiger partial charge in [-0.3, -0.25) is 9.97 Å². The Balaban J connectivity index is 2.39. The maximum atomic E-state index is 9.48. The second kappa shape index (κ2) is 4.98. The van der Waals surface area contributed by atoms with Crippen molar-refractivity contribution in [2.75, 3.05) is 5.32 Å². The Morgan fingerprint density at radius 1 is 1.24 bits per heavy atom. The van der Waals surface area contributed by atoms with Gasteiger partial charge in [0.15, 0.2) is 0 Å². The lowest BCUT2D eigenvalue weighted by atomic mass is 10.2. The second-order valence-corrected chi connectivity index (χ2v) is 4.82. The lowest BCUT2D eigenvalue weighted by molar-refractivity contribution is 0.178. The third kappa shape index (κ3) is 2.56. The van der Waals surface area contributed by atoms with Crippen LogP contribution in [0, 0.1) is 0 Å². The summed E-state index contributed by atoms with van der Waals surface area (Å²) in [7, 11) is 0. The molecule has 0 saturated carbocycles. The van der Waals surface area contributed by atoms with E-state index in [1.165, 1.54) is 0 Å². The number of hydrogen-bond acceptors (Lipinski definition) is 4. The van der Waals surface area contributed by atoms with Crippen LogP contribution >= 0.6 is 15.9 Å². The molecule has 1 heterocycles. The number of fused-ring (bicyclic) bond motifs is 1. The summed E-state index contributed by atoms with van der Waals surface area (Å²) in [5.41, 5.74) is 2.57. The van der Waals surface area contributed by atoms with Crippen molar-refractivity contribution >= 4 is 32.7 Å². The average Bonchev–Trinajstić information content (AvgIpc) is 2.33. The summed E-state index contributed by atoms with van der Waals surface area (Å²) in [4.78, 5) is 8.51. The number of halogens is 1. The third-order valence-electron chi connectivity index (χ3n) is 2.69. The maximum Gasteiger partial charge on any atom is 0.105 e. The molecule has 0 spiro atoms. The van der Waals surface area contributed by atoms with Crippen LogP contribution in [0.3, 0.4) is 0 Å². The molecule has 0 bridgehead atoms. The van der Waals surface area contributed by atoms with Gasteiger partial charge >= 0.3 is 0 Å². The van der Waals surface area contributed by atoms with Gasteiger partial charge in [-0.05, 0) is 41.9 Å². The Bertz CT molecular complexity index is 530. The fourth-order valence-electron chi connectivity index (χ4n) is 1.48. The predicted molar refractivity (Wildman–Crippen MR) is 72.0 cm³/mol. The molecule has 5 heteroatoms. The summed E-state index contributed by atoms with van der Waals surface area (Å²) < 4.78 is 0.871. The van der Waals surface area contributed by atoms with Gasteiger partial charge in [0.1, 0.15) is 5.52 Å². The van der Waals surface area contributed by atoms with Gasteiger partial charge in [0.2, 0.25) is 0 Å². The van der Waals surface area contributed by atoms with E-state index >= 15 is 0 Å². The van der Waals surface area contributed by atoms with Crippen molar-refractivity contribution in [1.82, 2.24) is 9.97 Å². The molecule has 90 valence electrons. The van der Waals surface area contributed by atoms with Crippen LogP contribution in [0.25, 0.3) is 11.0 Å². The van der Waals surface area contributed by atoms with E-state index in [9.17, 15) is 5.11 Å². The molecule has 0 fully saturated rings. The lowest BCUT2D eigenvalue weighted by Gasteiger charge is -2.19. The zero-order valence-electron chi connectivity index (χ0n) is 9.68. The zero-order valence-corrected chi connectivity index (χ0v) is 11.3. The summed E-state index contributed by atoms with van der Waals surface area (Å²) >= 11 is 3.51. The fraction of sp³-hybridized carbons (Fsp3) is 0.333. The van der Waals surface area contributed by atoms with Crippen LogP contribution in [0.1, 0.15) is 13.8 Å². The first-order chi connectivity index (χ1) is 8.09. The standard InChI is InChI=1S/C12H14BrN3O/c1-7(8(2)17)16-9-3-4-10-12(11(9)13)15-6-5-14-10/h3-8,16-17H,1-2H3. The number of benzene rings is 1. The van der Waals surface area contributed by atoms with Gasteiger partial charge in [-0.1, -0.05) is 0 Å². The monoisotopic (exact) mass is 295 g/mol. The number of nitrogens with one attached hydrogen (secondary N) is 1. The number of rotatable bonds is 3. The Labute approximate surface area is 108 Å². The molecule has 2 rings (SSSR count). The van der Waals surface area contributed by atoms with Crippen molar-refractivity contribution < 1.29 is 5.11 Å². The number of aliphatic hydroxyl groups is 1. The molecule has 0 aliphatic heterocycles. The van der Waals surface area contributed by atoms with Crippen LogP contribution in [0.4, 0.5) is 5.69 Å².